The van der Waals surface area contributed by atoms with Gasteiger partial charge in [-0.3, -0.25) is 4.79 Å². The first-order valence-corrected chi connectivity index (χ1v) is 7.27. The molecule has 1 fully saturated rings. The Morgan fingerprint density at radius 2 is 2.05 bits per heavy atom. The van der Waals surface area contributed by atoms with Gasteiger partial charge in [-0.25, -0.2) is 0 Å². The highest BCUT2D eigenvalue weighted by molar-refractivity contribution is 6.35. The van der Waals surface area contributed by atoms with Gasteiger partial charge in [0.15, 0.2) is 0 Å². The summed E-state index contributed by atoms with van der Waals surface area (Å²) in [5.41, 5.74) is 0.908. The number of nitrogens with one attached hydrogen (secondary N) is 1. The molecule has 1 aromatic rings. The molecule has 5 heteroatoms. The molecule has 1 aromatic carbocycles. The zero-order valence-corrected chi connectivity index (χ0v) is 12.5. The van der Waals surface area contributed by atoms with Crippen LogP contribution in [0.2, 0.25) is 10.0 Å². The summed E-state index contributed by atoms with van der Waals surface area (Å²) in [5.74, 6) is 0.254. The molecule has 1 N–H and O–H groups in total. The molecule has 2 rings (SSSR count). The molecule has 3 nitrogen and oxygen atoms in total. The fourth-order valence-electron chi connectivity index (χ4n) is 2.27. The lowest BCUT2D eigenvalue weighted by atomic mass is 10.2. The predicted molar refractivity (Wildman–Crippen MR) is 78.6 cm³/mol. The highest BCUT2D eigenvalue weighted by atomic mass is 35.5. The lowest BCUT2D eigenvalue weighted by molar-refractivity contribution is -0.127. The molecule has 1 amide bonds. The standard InChI is InChI=1S/C14H18Cl2N2O/c1-10(9-18-7-3-6-14(18)19)17-8-11-12(15)4-2-5-13(11)16/h2,4-5,10,17H,3,6-9H2,1H3. The highest BCUT2D eigenvalue weighted by Gasteiger charge is 2.21. The summed E-state index contributed by atoms with van der Waals surface area (Å²) in [6.45, 7) is 4.29. The van der Waals surface area contributed by atoms with Crippen molar-refractivity contribution in [2.24, 2.45) is 0 Å². The van der Waals surface area contributed by atoms with E-state index in [1.807, 2.05) is 23.1 Å². The summed E-state index contributed by atoms with van der Waals surface area (Å²) in [6, 6.07) is 5.72. The van der Waals surface area contributed by atoms with Crippen LogP contribution in [0.1, 0.15) is 25.3 Å². The van der Waals surface area contributed by atoms with E-state index < -0.39 is 0 Å². The Morgan fingerprint density at radius 1 is 1.37 bits per heavy atom. The Hall–Kier alpha value is -0.770. The summed E-state index contributed by atoms with van der Waals surface area (Å²) in [6.07, 6.45) is 1.66. The molecule has 0 bridgehead atoms. The summed E-state index contributed by atoms with van der Waals surface area (Å²) in [5, 5.41) is 4.71. The maximum atomic E-state index is 11.5. The molecule has 0 aromatic heterocycles. The van der Waals surface area contributed by atoms with E-state index in [1.165, 1.54) is 0 Å². The van der Waals surface area contributed by atoms with E-state index in [0.717, 1.165) is 25.1 Å². The zero-order valence-electron chi connectivity index (χ0n) is 11.0. The highest BCUT2D eigenvalue weighted by Crippen LogP contribution is 2.24. The van der Waals surface area contributed by atoms with Gasteiger partial charge in [0.05, 0.1) is 0 Å². The Labute approximate surface area is 123 Å². The largest absolute Gasteiger partial charge is 0.341 e. The number of amides is 1. The number of carbonyl (C=O) groups excluding carboxylic acids is 1. The number of nitrogens with zero attached hydrogens (tertiary/aromatic N) is 1. The second-order valence-electron chi connectivity index (χ2n) is 4.93. The summed E-state index contributed by atoms with van der Waals surface area (Å²) in [4.78, 5) is 13.5. The van der Waals surface area contributed by atoms with Crippen LogP contribution < -0.4 is 5.32 Å². The van der Waals surface area contributed by atoms with Crippen molar-refractivity contribution in [1.29, 1.82) is 0 Å². The first kappa shape index (κ1) is 14.6. The minimum Gasteiger partial charge on any atom is -0.341 e. The smallest absolute Gasteiger partial charge is 0.222 e. The molecule has 1 heterocycles. The minimum atomic E-state index is 0.217. The SMILES string of the molecule is CC(CN1CCCC1=O)NCc1c(Cl)cccc1Cl. The normalized spacial score (nSPS) is 17.0. The molecule has 104 valence electrons. The van der Waals surface area contributed by atoms with Crippen LogP contribution in [0.25, 0.3) is 0 Å². The second-order valence-corrected chi connectivity index (χ2v) is 5.74. The van der Waals surface area contributed by atoms with Gasteiger partial charge in [0.25, 0.3) is 0 Å². The molecule has 0 saturated carbocycles. The molecule has 1 saturated heterocycles. The van der Waals surface area contributed by atoms with E-state index >= 15 is 0 Å². The van der Waals surface area contributed by atoms with Crippen LogP contribution in [-0.4, -0.2) is 29.9 Å². The quantitative estimate of drug-likeness (QED) is 0.906. The Morgan fingerprint density at radius 3 is 2.63 bits per heavy atom. The van der Waals surface area contributed by atoms with Gasteiger partial charge in [-0.15, -0.1) is 0 Å². The fourth-order valence-corrected chi connectivity index (χ4v) is 2.80. The average Bonchev–Trinajstić information content (AvgIpc) is 2.74. The Kier molecular flexibility index (Phi) is 5.08. The maximum Gasteiger partial charge on any atom is 0.222 e. The third kappa shape index (κ3) is 3.85. The topological polar surface area (TPSA) is 32.3 Å². The zero-order chi connectivity index (χ0) is 13.8. The van der Waals surface area contributed by atoms with Gasteiger partial charge in [0.1, 0.15) is 0 Å². The van der Waals surface area contributed by atoms with Crippen molar-refractivity contribution in [2.45, 2.75) is 32.4 Å². The van der Waals surface area contributed by atoms with Crippen LogP contribution in [0.15, 0.2) is 18.2 Å². The van der Waals surface area contributed by atoms with Crippen molar-refractivity contribution in [3.8, 4) is 0 Å². The molecule has 1 unspecified atom stereocenters. The third-order valence-electron chi connectivity index (χ3n) is 3.35. The fraction of sp³-hybridized carbons (Fsp3) is 0.500. The van der Waals surface area contributed by atoms with E-state index in [-0.39, 0.29) is 11.9 Å². The van der Waals surface area contributed by atoms with Gasteiger partial charge in [-0.1, -0.05) is 29.3 Å². The number of benzene rings is 1. The third-order valence-corrected chi connectivity index (χ3v) is 4.06. The molecule has 1 aliphatic heterocycles. The van der Waals surface area contributed by atoms with E-state index in [1.54, 1.807) is 0 Å². The van der Waals surface area contributed by atoms with Crippen molar-refractivity contribution in [3.05, 3.63) is 33.8 Å². The van der Waals surface area contributed by atoms with Crippen molar-refractivity contribution in [2.75, 3.05) is 13.1 Å². The van der Waals surface area contributed by atoms with E-state index in [0.29, 0.717) is 23.0 Å². The average molecular weight is 301 g/mol. The van der Waals surface area contributed by atoms with Crippen LogP contribution >= 0.6 is 23.2 Å². The number of carbonyl (C=O) groups is 1. The number of likely N-dealkylation sites (tertiary alicyclic amines) is 1. The lowest BCUT2D eigenvalue weighted by Crippen LogP contribution is -2.39. The van der Waals surface area contributed by atoms with Gasteiger partial charge in [0, 0.05) is 47.7 Å². The predicted octanol–water partition coefficient (Wildman–Crippen LogP) is 3.09. The number of halogens is 2. The molecule has 1 atom stereocenters. The minimum absolute atomic E-state index is 0.217. The van der Waals surface area contributed by atoms with Crippen LogP contribution in [0, 0.1) is 0 Å². The molecular formula is C14H18Cl2N2O. The molecule has 1 aliphatic rings. The van der Waals surface area contributed by atoms with Gasteiger partial charge in [-0.05, 0) is 25.5 Å². The van der Waals surface area contributed by atoms with Crippen LogP contribution in [0.3, 0.4) is 0 Å². The molecule has 19 heavy (non-hydrogen) atoms. The molecule has 0 spiro atoms. The summed E-state index contributed by atoms with van der Waals surface area (Å²) in [7, 11) is 0. The number of hydrogen-bond donors (Lipinski definition) is 1. The van der Waals surface area contributed by atoms with Gasteiger partial charge >= 0.3 is 0 Å². The molecule has 0 aliphatic carbocycles. The molecule has 0 radical (unpaired) electrons. The molecular weight excluding hydrogens is 283 g/mol. The van der Waals surface area contributed by atoms with Crippen molar-refractivity contribution < 1.29 is 4.79 Å². The van der Waals surface area contributed by atoms with Crippen LogP contribution in [0.4, 0.5) is 0 Å². The first-order valence-electron chi connectivity index (χ1n) is 6.52. The summed E-state index contributed by atoms with van der Waals surface area (Å²) < 4.78 is 0. The maximum absolute atomic E-state index is 11.5. The van der Waals surface area contributed by atoms with E-state index in [2.05, 4.69) is 12.2 Å². The van der Waals surface area contributed by atoms with Crippen molar-refractivity contribution in [1.82, 2.24) is 10.2 Å². The van der Waals surface area contributed by atoms with E-state index in [9.17, 15) is 4.79 Å². The van der Waals surface area contributed by atoms with Crippen LogP contribution in [-0.2, 0) is 11.3 Å². The second kappa shape index (κ2) is 6.60. The van der Waals surface area contributed by atoms with E-state index in [4.69, 9.17) is 23.2 Å². The van der Waals surface area contributed by atoms with Gasteiger partial charge in [-0.2, -0.15) is 0 Å². The number of hydrogen-bond acceptors (Lipinski definition) is 2. The van der Waals surface area contributed by atoms with Crippen LogP contribution in [0.5, 0.6) is 0 Å². The monoisotopic (exact) mass is 300 g/mol. The lowest BCUT2D eigenvalue weighted by Gasteiger charge is -2.22. The number of rotatable bonds is 5. The Bertz CT molecular complexity index is 445. The first-order chi connectivity index (χ1) is 9.08. The van der Waals surface area contributed by atoms with Crippen molar-refractivity contribution in [3.63, 3.8) is 0 Å². The Balaban J connectivity index is 1.86. The summed E-state index contributed by atoms with van der Waals surface area (Å²) >= 11 is 12.2. The van der Waals surface area contributed by atoms with Gasteiger partial charge < -0.3 is 10.2 Å². The van der Waals surface area contributed by atoms with Crippen molar-refractivity contribution >= 4 is 29.1 Å². The van der Waals surface area contributed by atoms with Gasteiger partial charge in [0.2, 0.25) is 5.91 Å².